The molecule has 1 saturated heterocycles. The minimum Gasteiger partial charge on any atom is -0.363 e. The summed E-state index contributed by atoms with van der Waals surface area (Å²) in [5.74, 6) is -0.387. The molecule has 0 spiro atoms. The zero-order valence-electron chi connectivity index (χ0n) is 19.9. The summed E-state index contributed by atoms with van der Waals surface area (Å²) in [5.41, 5.74) is 5.75. The Labute approximate surface area is 203 Å². The van der Waals surface area contributed by atoms with E-state index in [9.17, 15) is 19.7 Å². The first-order valence-electron chi connectivity index (χ1n) is 11.1. The predicted molar refractivity (Wildman–Crippen MR) is 137 cm³/mol. The van der Waals surface area contributed by atoms with Crippen LogP contribution in [-0.4, -0.2) is 33.1 Å². The van der Waals surface area contributed by atoms with Gasteiger partial charge in [0.05, 0.1) is 21.9 Å². The van der Waals surface area contributed by atoms with Crippen molar-refractivity contribution < 1.29 is 14.5 Å². The lowest BCUT2D eigenvalue weighted by atomic mass is 9.87. The molecule has 2 amide bonds. The maximum atomic E-state index is 13.1. The number of imide groups is 1. The molecule has 2 aliphatic heterocycles. The number of amides is 2. The summed E-state index contributed by atoms with van der Waals surface area (Å²) in [6.45, 7) is 11.5. The third kappa shape index (κ3) is 4.25. The van der Waals surface area contributed by atoms with Gasteiger partial charge in [0.1, 0.15) is 0 Å². The number of fused-ring (bicyclic) bond motifs is 1. The molecule has 2 aromatic rings. The van der Waals surface area contributed by atoms with Crippen LogP contribution in [0.3, 0.4) is 0 Å². The summed E-state index contributed by atoms with van der Waals surface area (Å²) in [6.07, 6.45) is 4.03. The SMILES string of the molecule is CCN1c2cc(C)c(/C=C3\SC(=O)N(Cc4cccc([N+](=O)[O-])c4)C3=O)cc2C(C)=CC1(C)C. The van der Waals surface area contributed by atoms with Crippen LogP contribution in [0.2, 0.25) is 0 Å². The van der Waals surface area contributed by atoms with E-state index >= 15 is 0 Å². The number of nitrogens with zero attached hydrogens (tertiary/aromatic N) is 3. The molecule has 0 unspecified atom stereocenters. The van der Waals surface area contributed by atoms with Crippen LogP contribution in [0.25, 0.3) is 11.6 Å². The van der Waals surface area contributed by atoms with E-state index in [1.807, 2.05) is 6.92 Å². The van der Waals surface area contributed by atoms with E-state index in [1.165, 1.54) is 23.4 Å². The summed E-state index contributed by atoms with van der Waals surface area (Å²) < 4.78 is 0. The number of allylic oxidation sites excluding steroid dienone is 1. The third-order valence-electron chi connectivity index (χ3n) is 6.30. The first kappa shape index (κ1) is 23.8. The lowest BCUT2D eigenvalue weighted by molar-refractivity contribution is -0.384. The zero-order chi connectivity index (χ0) is 24.8. The van der Waals surface area contributed by atoms with Crippen molar-refractivity contribution in [2.24, 2.45) is 0 Å². The average Bonchev–Trinajstić information content (AvgIpc) is 3.02. The van der Waals surface area contributed by atoms with Crippen molar-refractivity contribution >= 4 is 45.9 Å². The van der Waals surface area contributed by atoms with Crippen molar-refractivity contribution in [2.45, 2.75) is 46.7 Å². The molecule has 7 nitrogen and oxygen atoms in total. The second kappa shape index (κ2) is 8.76. The van der Waals surface area contributed by atoms with Gasteiger partial charge in [0.15, 0.2) is 0 Å². The molecule has 4 rings (SSSR count). The van der Waals surface area contributed by atoms with Gasteiger partial charge in [-0.2, -0.15) is 0 Å². The van der Waals surface area contributed by atoms with Crippen LogP contribution < -0.4 is 4.90 Å². The molecule has 0 atom stereocenters. The van der Waals surface area contributed by atoms with Gasteiger partial charge in [0, 0.05) is 29.9 Å². The van der Waals surface area contributed by atoms with E-state index in [2.05, 4.69) is 50.8 Å². The lowest BCUT2D eigenvalue weighted by Crippen LogP contribution is -2.44. The van der Waals surface area contributed by atoms with Crippen LogP contribution in [0, 0.1) is 17.0 Å². The summed E-state index contributed by atoms with van der Waals surface area (Å²) in [7, 11) is 0. The van der Waals surface area contributed by atoms with Crippen molar-refractivity contribution in [1.29, 1.82) is 0 Å². The first-order chi connectivity index (χ1) is 16.0. The van der Waals surface area contributed by atoms with Crippen molar-refractivity contribution in [3.63, 3.8) is 0 Å². The minimum absolute atomic E-state index is 0.00472. The van der Waals surface area contributed by atoms with Gasteiger partial charge in [-0.1, -0.05) is 18.2 Å². The number of aryl methyl sites for hydroxylation is 1. The van der Waals surface area contributed by atoms with Gasteiger partial charge < -0.3 is 4.90 Å². The number of nitro groups is 1. The Kier molecular flexibility index (Phi) is 6.12. The highest BCUT2D eigenvalue weighted by atomic mass is 32.2. The molecule has 0 saturated carbocycles. The maximum absolute atomic E-state index is 13.1. The van der Waals surface area contributed by atoms with Crippen molar-refractivity contribution in [3.8, 4) is 0 Å². The van der Waals surface area contributed by atoms with E-state index < -0.39 is 4.92 Å². The standard InChI is InChI=1S/C26H27N3O4S/c1-6-28-22-10-16(2)19(12-21(22)17(3)14-26(28,4)5)13-23-24(30)27(25(31)34-23)15-18-8-7-9-20(11-18)29(32)33/h7-14H,6,15H2,1-5H3/b23-13-. The van der Waals surface area contributed by atoms with Gasteiger partial charge in [0.25, 0.3) is 16.8 Å². The fourth-order valence-electron chi connectivity index (χ4n) is 4.71. The number of hydrogen-bond acceptors (Lipinski definition) is 6. The molecule has 2 aromatic carbocycles. The summed E-state index contributed by atoms with van der Waals surface area (Å²) in [6, 6.07) is 10.2. The Bertz CT molecular complexity index is 1280. The topological polar surface area (TPSA) is 83.8 Å². The van der Waals surface area contributed by atoms with E-state index in [1.54, 1.807) is 18.2 Å². The summed E-state index contributed by atoms with van der Waals surface area (Å²) in [4.78, 5) is 40.1. The van der Waals surface area contributed by atoms with Crippen molar-refractivity contribution in [3.05, 3.63) is 79.7 Å². The highest BCUT2D eigenvalue weighted by Gasteiger charge is 2.36. The van der Waals surface area contributed by atoms with Crippen LogP contribution in [-0.2, 0) is 11.3 Å². The van der Waals surface area contributed by atoms with Crippen LogP contribution in [0.15, 0.2) is 47.4 Å². The molecule has 0 bridgehead atoms. The number of hydrogen-bond donors (Lipinski definition) is 0. The number of nitro benzene ring substituents is 1. The number of anilines is 1. The molecule has 1 fully saturated rings. The molecule has 2 heterocycles. The molecular formula is C26H27N3O4S. The van der Waals surface area contributed by atoms with Crippen molar-refractivity contribution in [2.75, 3.05) is 11.4 Å². The van der Waals surface area contributed by atoms with Gasteiger partial charge >= 0.3 is 0 Å². The Hall–Kier alpha value is -3.39. The Morgan fingerprint density at radius 2 is 1.88 bits per heavy atom. The fourth-order valence-corrected chi connectivity index (χ4v) is 5.54. The molecule has 2 aliphatic rings. The normalized spacial score (nSPS) is 18.4. The lowest BCUT2D eigenvalue weighted by Gasteiger charge is -2.43. The molecule has 0 N–H and O–H groups in total. The number of non-ortho nitro benzene ring substituents is 1. The Morgan fingerprint density at radius 3 is 2.56 bits per heavy atom. The quantitative estimate of drug-likeness (QED) is 0.291. The predicted octanol–water partition coefficient (Wildman–Crippen LogP) is 6.16. The van der Waals surface area contributed by atoms with E-state index in [4.69, 9.17) is 0 Å². The average molecular weight is 478 g/mol. The maximum Gasteiger partial charge on any atom is 0.293 e. The summed E-state index contributed by atoms with van der Waals surface area (Å²) >= 11 is 0.898. The van der Waals surface area contributed by atoms with Gasteiger partial charge in [0.2, 0.25) is 0 Å². The smallest absolute Gasteiger partial charge is 0.293 e. The van der Waals surface area contributed by atoms with Gasteiger partial charge in [-0.3, -0.25) is 24.6 Å². The number of carbonyl (C=O) groups excluding carboxylic acids is 2. The largest absolute Gasteiger partial charge is 0.363 e. The van der Waals surface area contributed by atoms with Crippen LogP contribution in [0.5, 0.6) is 0 Å². The van der Waals surface area contributed by atoms with Crippen LogP contribution >= 0.6 is 11.8 Å². The van der Waals surface area contributed by atoms with Gasteiger partial charge in [-0.15, -0.1) is 0 Å². The van der Waals surface area contributed by atoms with Gasteiger partial charge in [-0.25, -0.2) is 0 Å². The number of rotatable bonds is 5. The van der Waals surface area contributed by atoms with Crippen LogP contribution in [0.4, 0.5) is 16.2 Å². The highest BCUT2D eigenvalue weighted by Crippen LogP contribution is 2.41. The Morgan fingerprint density at radius 1 is 1.15 bits per heavy atom. The van der Waals surface area contributed by atoms with E-state index in [0.29, 0.717) is 10.5 Å². The second-order valence-corrected chi connectivity index (χ2v) is 10.1. The number of likely N-dealkylation sites (N-methyl/N-ethyl adjacent to an activating group) is 1. The molecule has 0 radical (unpaired) electrons. The monoisotopic (exact) mass is 477 g/mol. The Balaban J connectivity index is 1.65. The number of carbonyl (C=O) groups is 2. The molecule has 34 heavy (non-hydrogen) atoms. The molecular weight excluding hydrogens is 450 g/mol. The van der Waals surface area contributed by atoms with Crippen molar-refractivity contribution in [1.82, 2.24) is 4.90 Å². The van der Waals surface area contributed by atoms with E-state index in [-0.39, 0.29) is 28.9 Å². The minimum atomic E-state index is -0.493. The highest BCUT2D eigenvalue weighted by molar-refractivity contribution is 8.18. The molecule has 8 heteroatoms. The third-order valence-corrected chi connectivity index (χ3v) is 7.21. The fraction of sp³-hybridized carbons (Fsp3) is 0.308. The van der Waals surface area contributed by atoms with E-state index in [0.717, 1.165) is 39.9 Å². The molecule has 0 aromatic heterocycles. The second-order valence-electron chi connectivity index (χ2n) is 9.15. The molecule has 0 aliphatic carbocycles. The summed E-state index contributed by atoms with van der Waals surface area (Å²) in [5, 5.41) is 10.7. The van der Waals surface area contributed by atoms with Crippen LogP contribution in [0.1, 0.15) is 49.9 Å². The first-order valence-corrected chi connectivity index (χ1v) is 11.9. The van der Waals surface area contributed by atoms with Gasteiger partial charge in [-0.05, 0) is 86.9 Å². The number of thioether (sulfide) groups is 1. The number of benzene rings is 2. The zero-order valence-corrected chi connectivity index (χ0v) is 20.7. The molecule has 176 valence electrons.